The van der Waals surface area contributed by atoms with Crippen molar-refractivity contribution in [1.29, 1.82) is 0 Å². The van der Waals surface area contributed by atoms with Crippen LogP contribution in [0, 0.1) is 0 Å². The van der Waals surface area contributed by atoms with Gasteiger partial charge in [-0.05, 0) is 23.3 Å². The first kappa shape index (κ1) is 17.7. The van der Waals surface area contributed by atoms with Gasteiger partial charge in [0.25, 0.3) is 10.1 Å². The smallest absolute Gasteiger partial charge is 0.295 e. The lowest BCUT2D eigenvalue weighted by Crippen LogP contribution is -2.04. The molecule has 0 bridgehead atoms. The second-order valence-corrected chi connectivity index (χ2v) is 8.16. The molecular formula is C24H16O4S. The summed E-state index contributed by atoms with van der Waals surface area (Å²) in [6.07, 6.45) is 0. The molecule has 0 unspecified atom stereocenters. The molecule has 0 radical (unpaired) electrons. The van der Waals surface area contributed by atoms with Crippen LogP contribution < -0.4 is 0 Å². The molecule has 1 heterocycles. The molecular weight excluding hydrogens is 384 g/mol. The molecule has 0 aliphatic carbocycles. The Morgan fingerprint density at radius 2 is 1.24 bits per heavy atom. The molecule has 0 saturated carbocycles. The largest absolute Gasteiger partial charge is 0.456 e. The summed E-state index contributed by atoms with van der Waals surface area (Å²) in [6, 6.07) is 27.5. The Kier molecular flexibility index (Phi) is 4.01. The highest BCUT2D eigenvalue weighted by atomic mass is 32.2. The van der Waals surface area contributed by atoms with E-state index in [0.717, 1.165) is 16.4 Å². The van der Waals surface area contributed by atoms with Crippen molar-refractivity contribution in [3.05, 3.63) is 91.0 Å². The normalized spacial score (nSPS) is 11.9. The number of para-hydroxylation sites is 1. The molecule has 0 aliphatic heterocycles. The van der Waals surface area contributed by atoms with Crippen molar-refractivity contribution in [3.8, 4) is 22.3 Å². The van der Waals surface area contributed by atoms with E-state index >= 15 is 0 Å². The Morgan fingerprint density at radius 1 is 0.621 bits per heavy atom. The summed E-state index contributed by atoms with van der Waals surface area (Å²) < 4.78 is 41.1. The lowest BCUT2D eigenvalue weighted by molar-refractivity contribution is 0.484. The fourth-order valence-electron chi connectivity index (χ4n) is 3.87. The van der Waals surface area contributed by atoms with E-state index in [0.29, 0.717) is 27.8 Å². The molecule has 4 nitrogen and oxygen atoms in total. The van der Waals surface area contributed by atoms with Crippen molar-refractivity contribution in [2.24, 2.45) is 0 Å². The molecule has 5 heteroatoms. The number of benzene rings is 4. The fraction of sp³-hybridized carbons (Fsp3) is 0. The second kappa shape index (κ2) is 6.58. The Balaban J connectivity index is 1.91. The summed E-state index contributed by atoms with van der Waals surface area (Å²) in [4.78, 5) is -0.107. The predicted molar refractivity (Wildman–Crippen MR) is 114 cm³/mol. The van der Waals surface area contributed by atoms with Crippen LogP contribution in [0.3, 0.4) is 0 Å². The van der Waals surface area contributed by atoms with Crippen LogP contribution in [0.15, 0.2) is 100 Å². The quantitative estimate of drug-likeness (QED) is 0.368. The van der Waals surface area contributed by atoms with Gasteiger partial charge in [0, 0.05) is 21.9 Å². The molecule has 0 saturated heterocycles. The van der Waals surface area contributed by atoms with Crippen molar-refractivity contribution in [1.82, 2.24) is 0 Å². The molecule has 0 atom stereocenters. The average Bonchev–Trinajstić information content (AvgIpc) is 3.12. The summed E-state index contributed by atoms with van der Waals surface area (Å²) in [5.74, 6) is 0. The lowest BCUT2D eigenvalue weighted by Gasteiger charge is -2.14. The Bertz CT molecular complexity index is 1470. The maximum atomic E-state index is 12.5. The highest BCUT2D eigenvalue weighted by Crippen LogP contribution is 2.41. The zero-order valence-electron chi connectivity index (χ0n) is 15.2. The Hall–Kier alpha value is -3.41. The highest BCUT2D eigenvalue weighted by molar-refractivity contribution is 7.86. The van der Waals surface area contributed by atoms with Gasteiger partial charge in [-0.3, -0.25) is 4.55 Å². The average molecular weight is 400 g/mol. The van der Waals surface area contributed by atoms with Crippen LogP contribution in [0.2, 0.25) is 0 Å². The van der Waals surface area contributed by atoms with Crippen LogP contribution in [0.5, 0.6) is 0 Å². The monoisotopic (exact) mass is 400 g/mol. The lowest BCUT2D eigenvalue weighted by atomic mass is 9.95. The van der Waals surface area contributed by atoms with Crippen molar-refractivity contribution in [3.63, 3.8) is 0 Å². The molecule has 142 valence electrons. The SMILES string of the molecule is O=S(=O)(O)c1c(-c2ccccc2)cccc1-c1cccc2oc3ccccc3c12. The maximum absolute atomic E-state index is 12.5. The van der Waals surface area contributed by atoms with Gasteiger partial charge >= 0.3 is 0 Å². The molecule has 4 aromatic carbocycles. The Morgan fingerprint density at radius 3 is 2.03 bits per heavy atom. The molecule has 0 aliphatic rings. The summed E-state index contributed by atoms with van der Waals surface area (Å²) in [6.45, 7) is 0. The molecule has 5 rings (SSSR count). The van der Waals surface area contributed by atoms with Gasteiger partial charge in [-0.15, -0.1) is 0 Å². The number of hydrogen-bond donors (Lipinski definition) is 1. The van der Waals surface area contributed by atoms with E-state index in [1.165, 1.54) is 0 Å². The number of fused-ring (bicyclic) bond motifs is 3. The summed E-state index contributed by atoms with van der Waals surface area (Å²) in [5.41, 5.74) is 3.68. The van der Waals surface area contributed by atoms with Crippen LogP contribution in [0.25, 0.3) is 44.2 Å². The van der Waals surface area contributed by atoms with E-state index in [1.54, 1.807) is 18.2 Å². The molecule has 5 aromatic rings. The fourth-order valence-corrected chi connectivity index (χ4v) is 4.79. The van der Waals surface area contributed by atoms with Gasteiger partial charge in [0.05, 0.1) is 0 Å². The van der Waals surface area contributed by atoms with E-state index in [1.807, 2.05) is 72.8 Å². The van der Waals surface area contributed by atoms with Gasteiger partial charge in [0.1, 0.15) is 16.1 Å². The van der Waals surface area contributed by atoms with Gasteiger partial charge < -0.3 is 4.42 Å². The molecule has 1 aromatic heterocycles. The van der Waals surface area contributed by atoms with E-state index in [9.17, 15) is 13.0 Å². The van der Waals surface area contributed by atoms with Crippen LogP contribution in [-0.2, 0) is 10.1 Å². The molecule has 0 fully saturated rings. The highest BCUT2D eigenvalue weighted by Gasteiger charge is 2.24. The first-order valence-corrected chi connectivity index (χ1v) is 10.5. The third-order valence-corrected chi connectivity index (χ3v) is 6.01. The minimum Gasteiger partial charge on any atom is -0.456 e. The van der Waals surface area contributed by atoms with Crippen LogP contribution >= 0.6 is 0 Å². The second-order valence-electron chi connectivity index (χ2n) is 6.80. The number of hydrogen-bond acceptors (Lipinski definition) is 3. The summed E-state index contributed by atoms with van der Waals surface area (Å²) in [5, 5.41) is 1.71. The van der Waals surface area contributed by atoms with Crippen molar-refractivity contribution >= 4 is 32.1 Å². The first-order valence-electron chi connectivity index (χ1n) is 9.10. The van der Waals surface area contributed by atoms with Crippen molar-refractivity contribution in [2.45, 2.75) is 4.90 Å². The molecule has 0 amide bonds. The van der Waals surface area contributed by atoms with E-state index in [-0.39, 0.29) is 4.90 Å². The molecule has 29 heavy (non-hydrogen) atoms. The van der Waals surface area contributed by atoms with Crippen molar-refractivity contribution < 1.29 is 17.4 Å². The summed E-state index contributed by atoms with van der Waals surface area (Å²) >= 11 is 0. The predicted octanol–water partition coefficient (Wildman–Crippen LogP) is 6.17. The van der Waals surface area contributed by atoms with Crippen LogP contribution in [0.4, 0.5) is 0 Å². The van der Waals surface area contributed by atoms with Crippen LogP contribution in [0.1, 0.15) is 0 Å². The van der Waals surface area contributed by atoms with Gasteiger partial charge in [-0.1, -0.05) is 78.9 Å². The molecule has 1 N–H and O–H groups in total. The minimum atomic E-state index is -4.50. The summed E-state index contributed by atoms with van der Waals surface area (Å²) in [7, 11) is -4.50. The standard InChI is InChI=1S/C24H16O4S/c25-29(26,27)24-17(16-8-2-1-3-9-16)11-6-13-19(24)18-12-7-15-22-23(18)20-10-4-5-14-21(20)28-22/h1-15H,(H,25,26,27). The van der Waals surface area contributed by atoms with Crippen molar-refractivity contribution in [2.75, 3.05) is 0 Å². The number of rotatable bonds is 3. The van der Waals surface area contributed by atoms with Gasteiger partial charge in [-0.25, -0.2) is 0 Å². The first-order chi connectivity index (χ1) is 14.0. The zero-order valence-corrected chi connectivity index (χ0v) is 16.1. The van der Waals surface area contributed by atoms with Gasteiger partial charge in [0.15, 0.2) is 0 Å². The Labute approximate surface area is 167 Å². The third-order valence-electron chi connectivity index (χ3n) is 5.05. The number of furan rings is 1. The van der Waals surface area contributed by atoms with E-state index in [4.69, 9.17) is 4.42 Å². The minimum absolute atomic E-state index is 0.107. The van der Waals surface area contributed by atoms with Crippen LogP contribution in [-0.4, -0.2) is 13.0 Å². The zero-order chi connectivity index (χ0) is 20.0. The van der Waals surface area contributed by atoms with Gasteiger partial charge in [-0.2, -0.15) is 8.42 Å². The van der Waals surface area contributed by atoms with E-state index < -0.39 is 10.1 Å². The topological polar surface area (TPSA) is 67.5 Å². The molecule has 0 spiro atoms. The third kappa shape index (κ3) is 2.92. The maximum Gasteiger partial charge on any atom is 0.295 e. The van der Waals surface area contributed by atoms with Gasteiger partial charge in [0.2, 0.25) is 0 Å². The van der Waals surface area contributed by atoms with E-state index in [2.05, 4.69) is 0 Å².